The van der Waals surface area contributed by atoms with Crippen LogP contribution in [-0.2, 0) is 12.6 Å². The predicted octanol–water partition coefficient (Wildman–Crippen LogP) is 2.52. The molecule has 0 radical (unpaired) electrons. The molecule has 0 amide bonds. The van der Waals surface area contributed by atoms with Gasteiger partial charge in [-0.1, -0.05) is 18.2 Å². The number of hydrogen-bond donors (Lipinski definition) is 4. The number of aliphatic hydroxyl groups excluding tert-OH is 4. The van der Waals surface area contributed by atoms with E-state index in [0.29, 0.717) is 37.7 Å². The first kappa shape index (κ1) is 21.2. The number of aliphatic hydroxyl groups is 4. The van der Waals surface area contributed by atoms with E-state index in [1.807, 2.05) is 0 Å². The molecule has 0 bridgehead atoms. The summed E-state index contributed by atoms with van der Waals surface area (Å²) in [4.78, 5) is 0. The molecule has 1 saturated carbocycles. The van der Waals surface area contributed by atoms with E-state index in [1.54, 1.807) is 6.07 Å². The molecule has 0 saturated heterocycles. The van der Waals surface area contributed by atoms with E-state index in [2.05, 4.69) is 0 Å². The largest absolute Gasteiger partial charge is 0.416 e. The fourth-order valence-electron chi connectivity index (χ4n) is 3.90. The van der Waals surface area contributed by atoms with Gasteiger partial charge in [-0.05, 0) is 62.0 Å². The highest BCUT2D eigenvalue weighted by atomic mass is 19.4. The molecule has 0 heterocycles. The lowest BCUT2D eigenvalue weighted by atomic mass is 9.86. The van der Waals surface area contributed by atoms with Gasteiger partial charge in [0.05, 0.1) is 23.9 Å². The Bertz CT molecular complexity index is 564. The van der Waals surface area contributed by atoms with Gasteiger partial charge in [0, 0.05) is 6.61 Å². The van der Waals surface area contributed by atoms with Gasteiger partial charge in [0.1, 0.15) is 0 Å². The van der Waals surface area contributed by atoms with Crippen LogP contribution in [-0.4, -0.2) is 45.3 Å². The van der Waals surface area contributed by atoms with Gasteiger partial charge in [-0.25, -0.2) is 0 Å². The van der Waals surface area contributed by atoms with E-state index >= 15 is 0 Å². The standard InChI is InChI=1S/C19H27F3O4/c20-19(21,22)13-3-1-2-12(10-13)4-5-14(24)6-7-15-16(8-9-23)18(26)11-17(15)25/h1-3,10,14-18,23-26H,4-9,11H2/t14-,15?,16?,17+,18-/m0/s1. The van der Waals surface area contributed by atoms with E-state index in [0.717, 1.165) is 12.1 Å². The number of rotatable bonds is 8. The third-order valence-electron chi connectivity index (χ3n) is 5.34. The predicted molar refractivity (Wildman–Crippen MR) is 90.3 cm³/mol. The number of aryl methyl sites for hydroxylation is 1. The molecule has 148 valence electrons. The van der Waals surface area contributed by atoms with Gasteiger partial charge in [-0.3, -0.25) is 0 Å². The summed E-state index contributed by atoms with van der Waals surface area (Å²) in [7, 11) is 0. The van der Waals surface area contributed by atoms with Crippen LogP contribution < -0.4 is 0 Å². The van der Waals surface area contributed by atoms with Crippen molar-refractivity contribution in [2.75, 3.05) is 6.61 Å². The first-order valence-electron chi connectivity index (χ1n) is 9.03. The minimum atomic E-state index is -4.38. The molecule has 7 heteroatoms. The third-order valence-corrected chi connectivity index (χ3v) is 5.34. The highest BCUT2D eigenvalue weighted by Crippen LogP contribution is 2.38. The topological polar surface area (TPSA) is 80.9 Å². The Hall–Kier alpha value is -1.15. The number of hydrogen-bond acceptors (Lipinski definition) is 4. The highest BCUT2D eigenvalue weighted by molar-refractivity contribution is 5.25. The summed E-state index contributed by atoms with van der Waals surface area (Å²) in [5.74, 6) is -0.369. The van der Waals surface area contributed by atoms with Crippen LogP contribution in [0.15, 0.2) is 24.3 Å². The minimum Gasteiger partial charge on any atom is -0.396 e. The van der Waals surface area contributed by atoms with Crippen molar-refractivity contribution in [3.05, 3.63) is 35.4 Å². The third kappa shape index (κ3) is 5.67. The van der Waals surface area contributed by atoms with Gasteiger partial charge < -0.3 is 20.4 Å². The zero-order valence-corrected chi connectivity index (χ0v) is 14.6. The minimum absolute atomic E-state index is 0.0664. The SMILES string of the molecule is OCCC1C(CC[C@@H](O)CCc2cccc(C(F)(F)F)c2)[C@H](O)C[C@@H]1O. The van der Waals surface area contributed by atoms with Gasteiger partial charge in [-0.15, -0.1) is 0 Å². The van der Waals surface area contributed by atoms with Crippen molar-refractivity contribution >= 4 is 0 Å². The molecular weight excluding hydrogens is 349 g/mol. The number of halogens is 3. The summed E-state index contributed by atoms with van der Waals surface area (Å²) >= 11 is 0. The lowest BCUT2D eigenvalue weighted by Gasteiger charge is -2.24. The van der Waals surface area contributed by atoms with E-state index < -0.39 is 30.1 Å². The lowest BCUT2D eigenvalue weighted by Crippen LogP contribution is -2.24. The van der Waals surface area contributed by atoms with Crippen LogP contribution in [0.5, 0.6) is 0 Å². The molecule has 0 spiro atoms. The summed E-state index contributed by atoms with van der Waals surface area (Å²) in [6.07, 6.45) is -4.12. The molecule has 1 fully saturated rings. The van der Waals surface area contributed by atoms with Gasteiger partial charge in [0.25, 0.3) is 0 Å². The number of alkyl halides is 3. The Labute approximate surface area is 151 Å². The summed E-state index contributed by atoms with van der Waals surface area (Å²) < 4.78 is 38.2. The highest BCUT2D eigenvalue weighted by Gasteiger charge is 2.40. The average molecular weight is 376 g/mol. The molecule has 1 aliphatic carbocycles. The van der Waals surface area contributed by atoms with Crippen LogP contribution in [0, 0.1) is 11.8 Å². The lowest BCUT2D eigenvalue weighted by molar-refractivity contribution is -0.137. The fraction of sp³-hybridized carbons (Fsp3) is 0.684. The van der Waals surface area contributed by atoms with Crippen LogP contribution >= 0.6 is 0 Å². The molecule has 5 atom stereocenters. The normalized spacial score (nSPS) is 27.7. The molecule has 4 N–H and O–H groups in total. The molecule has 0 aromatic heterocycles. The molecular formula is C19H27F3O4. The van der Waals surface area contributed by atoms with E-state index in [9.17, 15) is 28.5 Å². The van der Waals surface area contributed by atoms with Crippen molar-refractivity contribution in [2.45, 2.75) is 63.0 Å². The van der Waals surface area contributed by atoms with Crippen molar-refractivity contribution < 1.29 is 33.6 Å². The number of benzene rings is 1. The molecule has 1 aromatic carbocycles. The second-order valence-electron chi connectivity index (χ2n) is 7.18. The average Bonchev–Trinajstić information content (AvgIpc) is 2.84. The van der Waals surface area contributed by atoms with Gasteiger partial charge >= 0.3 is 6.18 Å². The van der Waals surface area contributed by atoms with E-state index in [-0.39, 0.29) is 24.9 Å². The van der Waals surface area contributed by atoms with Crippen molar-refractivity contribution in [3.8, 4) is 0 Å². The summed E-state index contributed by atoms with van der Waals surface area (Å²) in [6.45, 7) is -0.0664. The van der Waals surface area contributed by atoms with Crippen LogP contribution in [0.25, 0.3) is 0 Å². The second kappa shape index (κ2) is 9.17. The maximum Gasteiger partial charge on any atom is 0.416 e. The van der Waals surface area contributed by atoms with Crippen LogP contribution in [0.4, 0.5) is 13.2 Å². The van der Waals surface area contributed by atoms with Crippen molar-refractivity contribution in [3.63, 3.8) is 0 Å². The maximum atomic E-state index is 12.7. The molecule has 1 aliphatic rings. The molecule has 2 rings (SSSR count). The summed E-state index contributed by atoms with van der Waals surface area (Å²) in [6, 6.07) is 5.09. The van der Waals surface area contributed by atoms with Gasteiger partial charge in [-0.2, -0.15) is 13.2 Å². The Morgan fingerprint density at radius 2 is 1.69 bits per heavy atom. The fourth-order valence-corrected chi connectivity index (χ4v) is 3.90. The molecule has 1 aromatic rings. The zero-order chi connectivity index (χ0) is 19.3. The summed E-state index contributed by atoms with van der Waals surface area (Å²) in [5, 5.41) is 39.2. The molecule has 2 unspecified atom stereocenters. The van der Waals surface area contributed by atoms with E-state index in [1.165, 1.54) is 6.07 Å². The Morgan fingerprint density at radius 1 is 1.04 bits per heavy atom. The quantitative estimate of drug-likeness (QED) is 0.562. The van der Waals surface area contributed by atoms with Crippen LogP contribution in [0.3, 0.4) is 0 Å². The Morgan fingerprint density at radius 3 is 2.31 bits per heavy atom. The zero-order valence-electron chi connectivity index (χ0n) is 14.6. The molecule has 4 nitrogen and oxygen atoms in total. The Balaban J connectivity index is 1.83. The van der Waals surface area contributed by atoms with E-state index in [4.69, 9.17) is 5.11 Å². The van der Waals surface area contributed by atoms with Crippen LogP contribution in [0.1, 0.15) is 43.2 Å². The monoisotopic (exact) mass is 376 g/mol. The first-order valence-corrected chi connectivity index (χ1v) is 9.03. The van der Waals surface area contributed by atoms with Crippen molar-refractivity contribution in [1.29, 1.82) is 0 Å². The summed E-state index contributed by atoms with van der Waals surface area (Å²) in [5.41, 5.74) is -0.173. The molecule has 26 heavy (non-hydrogen) atoms. The van der Waals surface area contributed by atoms with Gasteiger partial charge in [0.15, 0.2) is 0 Å². The first-order chi connectivity index (χ1) is 12.2. The van der Waals surface area contributed by atoms with Crippen molar-refractivity contribution in [2.24, 2.45) is 11.8 Å². The Kier molecular flexibility index (Phi) is 7.46. The smallest absolute Gasteiger partial charge is 0.396 e. The van der Waals surface area contributed by atoms with Crippen molar-refractivity contribution in [1.82, 2.24) is 0 Å². The van der Waals surface area contributed by atoms with Crippen LogP contribution in [0.2, 0.25) is 0 Å². The van der Waals surface area contributed by atoms with Gasteiger partial charge in [0.2, 0.25) is 0 Å². The second-order valence-corrected chi connectivity index (χ2v) is 7.18. The maximum absolute atomic E-state index is 12.7. The molecule has 0 aliphatic heterocycles.